The number of hydrogen-bond donors (Lipinski definition) is 1. The van der Waals surface area contributed by atoms with Crippen molar-refractivity contribution >= 4 is 23.3 Å². The Bertz CT molecular complexity index is 442. The lowest BCUT2D eigenvalue weighted by Crippen LogP contribution is -2.17. The maximum Gasteiger partial charge on any atom is 0.339 e. The van der Waals surface area contributed by atoms with Gasteiger partial charge in [0.15, 0.2) is 0 Å². The number of rotatable bonds is 4. The van der Waals surface area contributed by atoms with Crippen molar-refractivity contribution < 1.29 is 9.53 Å². The number of benzene rings is 1. The van der Waals surface area contributed by atoms with E-state index in [0.29, 0.717) is 10.6 Å². The summed E-state index contributed by atoms with van der Waals surface area (Å²) in [6, 6.07) is 5.39. The van der Waals surface area contributed by atoms with Gasteiger partial charge in [0.25, 0.3) is 0 Å². The zero-order chi connectivity index (χ0) is 13.7. The van der Waals surface area contributed by atoms with Crippen LogP contribution in [0.5, 0.6) is 0 Å². The lowest BCUT2D eigenvalue weighted by molar-refractivity contribution is 0.0601. The van der Waals surface area contributed by atoms with Crippen molar-refractivity contribution in [1.82, 2.24) is 0 Å². The van der Waals surface area contributed by atoms with Crippen molar-refractivity contribution in [2.75, 3.05) is 19.0 Å². The number of esters is 1. The molecule has 0 heterocycles. The molecule has 1 aromatic rings. The quantitative estimate of drug-likeness (QED) is 0.844. The molecule has 1 saturated carbocycles. The van der Waals surface area contributed by atoms with Gasteiger partial charge >= 0.3 is 5.97 Å². The number of hydrogen-bond acceptors (Lipinski definition) is 3. The smallest absolute Gasteiger partial charge is 0.339 e. The van der Waals surface area contributed by atoms with Crippen LogP contribution < -0.4 is 5.32 Å². The molecule has 1 aliphatic rings. The number of carbonyl (C=O) groups excluding carboxylic acids is 1. The summed E-state index contributed by atoms with van der Waals surface area (Å²) in [6.07, 6.45) is 6.62. The lowest BCUT2D eigenvalue weighted by atomic mass is 9.89. The lowest BCUT2D eigenvalue weighted by Gasteiger charge is -2.22. The molecule has 3 nitrogen and oxygen atoms in total. The predicted molar refractivity (Wildman–Crippen MR) is 77.9 cm³/mol. The number of ether oxygens (including phenoxy) is 1. The van der Waals surface area contributed by atoms with Crippen LogP contribution in [-0.2, 0) is 4.74 Å². The minimum atomic E-state index is -0.397. The first kappa shape index (κ1) is 14.2. The normalized spacial score (nSPS) is 16.1. The summed E-state index contributed by atoms with van der Waals surface area (Å²) >= 11 is 5.99. The maximum atomic E-state index is 11.6. The summed E-state index contributed by atoms with van der Waals surface area (Å²) in [4.78, 5) is 11.6. The fourth-order valence-electron chi connectivity index (χ4n) is 2.56. The third-order valence-electron chi connectivity index (χ3n) is 3.69. The van der Waals surface area contributed by atoms with Gasteiger partial charge in [-0.15, -0.1) is 0 Å². The van der Waals surface area contributed by atoms with Crippen LogP contribution in [0.15, 0.2) is 18.2 Å². The van der Waals surface area contributed by atoms with Crippen molar-refractivity contribution in [2.45, 2.75) is 32.1 Å². The Labute approximate surface area is 119 Å². The molecule has 2 rings (SSSR count). The van der Waals surface area contributed by atoms with Gasteiger partial charge in [-0.25, -0.2) is 4.79 Å². The first-order chi connectivity index (χ1) is 9.20. The van der Waals surface area contributed by atoms with Crippen LogP contribution in [0.1, 0.15) is 42.5 Å². The molecule has 0 saturated heterocycles. The van der Waals surface area contributed by atoms with Crippen LogP contribution in [0.25, 0.3) is 0 Å². The third kappa shape index (κ3) is 3.87. The van der Waals surface area contributed by atoms with E-state index in [1.807, 2.05) is 6.07 Å². The molecule has 1 fully saturated rings. The Morgan fingerprint density at radius 2 is 2.11 bits per heavy atom. The van der Waals surface area contributed by atoms with Crippen LogP contribution in [-0.4, -0.2) is 19.6 Å². The zero-order valence-electron chi connectivity index (χ0n) is 11.2. The molecule has 1 aliphatic carbocycles. The fourth-order valence-corrected chi connectivity index (χ4v) is 2.75. The summed E-state index contributed by atoms with van der Waals surface area (Å²) in [7, 11) is 1.36. The zero-order valence-corrected chi connectivity index (χ0v) is 12.0. The number of carbonyl (C=O) groups is 1. The molecule has 1 N–H and O–H groups in total. The second kappa shape index (κ2) is 6.80. The van der Waals surface area contributed by atoms with Crippen molar-refractivity contribution in [3.63, 3.8) is 0 Å². The van der Waals surface area contributed by atoms with Crippen LogP contribution in [0.4, 0.5) is 5.69 Å². The standard InChI is InChI=1S/C15H20ClNO2/c1-19-15(18)13-9-12(7-8-14(13)16)17-10-11-5-3-2-4-6-11/h7-9,11,17H,2-6,10H2,1H3. The van der Waals surface area contributed by atoms with Crippen LogP contribution in [0.2, 0.25) is 5.02 Å². The van der Waals surface area contributed by atoms with Gasteiger partial charge < -0.3 is 10.1 Å². The van der Waals surface area contributed by atoms with E-state index >= 15 is 0 Å². The number of anilines is 1. The molecule has 0 aliphatic heterocycles. The molecule has 104 valence electrons. The molecular weight excluding hydrogens is 262 g/mol. The summed E-state index contributed by atoms with van der Waals surface area (Å²) < 4.78 is 4.72. The highest BCUT2D eigenvalue weighted by atomic mass is 35.5. The van der Waals surface area contributed by atoms with E-state index in [-0.39, 0.29) is 0 Å². The monoisotopic (exact) mass is 281 g/mol. The van der Waals surface area contributed by atoms with E-state index in [4.69, 9.17) is 16.3 Å². The third-order valence-corrected chi connectivity index (χ3v) is 4.02. The Morgan fingerprint density at radius 3 is 2.79 bits per heavy atom. The Kier molecular flexibility index (Phi) is 5.08. The van der Waals surface area contributed by atoms with Gasteiger partial charge in [-0.3, -0.25) is 0 Å². The first-order valence-electron chi connectivity index (χ1n) is 6.82. The Balaban J connectivity index is 1.98. The Hall–Kier alpha value is -1.22. The van der Waals surface area contributed by atoms with Gasteiger partial charge in [0.1, 0.15) is 0 Å². The van der Waals surface area contributed by atoms with Gasteiger partial charge in [-0.1, -0.05) is 30.9 Å². The largest absolute Gasteiger partial charge is 0.465 e. The molecule has 0 unspecified atom stereocenters. The van der Waals surface area contributed by atoms with Gasteiger partial charge in [0, 0.05) is 12.2 Å². The molecule has 0 aromatic heterocycles. The van der Waals surface area contributed by atoms with E-state index in [9.17, 15) is 4.79 Å². The minimum Gasteiger partial charge on any atom is -0.465 e. The van der Waals surface area contributed by atoms with E-state index in [1.165, 1.54) is 39.2 Å². The SMILES string of the molecule is COC(=O)c1cc(NCC2CCCCC2)ccc1Cl. The number of nitrogens with one attached hydrogen (secondary N) is 1. The summed E-state index contributed by atoms with van der Waals surface area (Å²) in [6.45, 7) is 0.961. The average Bonchev–Trinajstić information content (AvgIpc) is 2.46. The van der Waals surface area contributed by atoms with Gasteiger partial charge in [0.2, 0.25) is 0 Å². The second-order valence-corrected chi connectivity index (χ2v) is 5.48. The van der Waals surface area contributed by atoms with E-state index < -0.39 is 5.97 Å². The highest BCUT2D eigenvalue weighted by Crippen LogP contribution is 2.25. The second-order valence-electron chi connectivity index (χ2n) is 5.07. The molecule has 0 spiro atoms. The van der Waals surface area contributed by atoms with Crippen molar-refractivity contribution in [3.05, 3.63) is 28.8 Å². The summed E-state index contributed by atoms with van der Waals surface area (Å²) in [5.41, 5.74) is 1.34. The topological polar surface area (TPSA) is 38.3 Å². The van der Waals surface area contributed by atoms with E-state index in [2.05, 4.69) is 5.32 Å². The molecule has 0 amide bonds. The molecule has 0 bridgehead atoms. The van der Waals surface area contributed by atoms with E-state index in [1.54, 1.807) is 12.1 Å². The van der Waals surface area contributed by atoms with Crippen LogP contribution >= 0.6 is 11.6 Å². The maximum absolute atomic E-state index is 11.6. The molecule has 0 radical (unpaired) electrons. The van der Waals surface area contributed by atoms with Gasteiger partial charge in [0.05, 0.1) is 17.7 Å². The Morgan fingerprint density at radius 1 is 1.37 bits per heavy atom. The molecule has 1 aromatic carbocycles. The first-order valence-corrected chi connectivity index (χ1v) is 7.20. The summed E-state index contributed by atoms with van der Waals surface area (Å²) in [5.74, 6) is 0.345. The molecular formula is C15H20ClNO2. The molecule has 0 atom stereocenters. The van der Waals surface area contributed by atoms with Crippen LogP contribution in [0, 0.1) is 5.92 Å². The van der Waals surface area contributed by atoms with Crippen molar-refractivity contribution in [2.24, 2.45) is 5.92 Å². The molecule has 19 heavy (non-hydrogen) atoms. The highest BCUT2D eigenvalue weighted by Gasteiger charge is 2.14. The summed E-state index contributed by atoms with van der Waals surface area (Å²) in [5, 5.41) is 3.82. The van der Waals surface area contributed by atoms with Crippen molar-refractivity contribution in [1.29, 1.82) is 0 Å². The highest BCUT2D eigenvalue weighted by molar-refractivity contribution is 6.33. The number of methoxy groups -OCH3 is 1. The van der Waals surface area contributed by atoms with Gasteiger partial charge in [-0.2, -0.15) is 0 Å². The van der Waals surface area contributed by atoms with Gasteiger partial charge in [-0.05, 0) is 37.0 Å². The number of halogens is 1. The fraction of sp³-hybridized carbons (Fsp3) is 0.533. The van der Waals surface area contributed by atoms with Crippen molar-refractivity contribution in [3.8, 4) is 0 Å². The predicted octanol–water partition coefficient (Wildman–Crippen LogP) is 4.12. The van der Waals surface area contributed by atoms with Crippen LogP contribution in [0.3, 0.4) is 0 Å². The average molecular weight is 282 g/mol. The van der Waals surface area contributed by atoms with E-state index in [0.717, 1.165) is 18.2 Å². The minimum absolute atomic E-state index is 0.397. The molecule has 4 heteroatoms.